The molecule has 2 nitrogen and oxygen atoms in total. The molecule has 0 amide bonds. The van der Waals surface area contributed by atoms with Gasteiger partial charge in [-0.25, -0.2) is 0 Å². The van der Waals surface area contributed by atoms with Crippen LogP contribution in [0.5, 0.6) is 0 Å². The average molecular weight is 473 g/mol. The highest BCUT2D eigenvalue weighted by molar-refractivity contribution is 6.15. The largest absolute Gasteiger partial charge is 0.336 e. The van der Waals surface area contributed by atoms with Gasteiger partial charge >= 0.3 is 0 Å². The van der Waals surface area contributed by atoms with Crippen LogP contribution in [0.15, 0.2) is 97.1 Å². The van der Waals surface area contributed by atoms with Crippen LogP contribution < -0.4 is 4.90 Å². The molecule has 0 unspecified atom stereocenters. The summed E-state index contributed by atoms with van der Waals surface area (Å²) in [5.74, 6) is 0.725. The molecule has 0 aliphatic heterocycles. The van der Waals surface area contributed by atoms with Gasteiger partial charge in [0.1, 0.15) is 0 Å². The first-order chi connectivity index (χ1) is 17.5. The van der Waals surface area contributed by atoms with Crippen molar-refractivity contribution in [2.24, 2.45) is 0 Å². The van der Waals surface area contributed by atoms with Crippen molar-refractivity contribution >= 4 is 33.2 Å². The number of fused-ring (bicyclic) bond motifs is 3. The Labute approximate surface area is 215 Å². The molecule has 0 spiro atoms. The fourth-order valence-corrected chi connectivity index (χ4v) is 6.26. The summed E-state index contributed by atoms with van der Waals surface area (Å²) in [6.45, 7) is 6.95. The third-order valence-electron chi connectivity index (χ3n) is 7.83. The Kier molecular flexibility index (Phi) is 5.84. The third kappa shape index (κ3) is 3.99. The molecule has 5 aromatic rings. The van der Waals surface area contributed by atoms with Crippen LogP contribution in [0, 0.1) is 0 Å². The lowest BCUT2D eigenvalue weighted by Crippen LogP contribution is -2.37. The highest BCUT2D eigenvalue weighted by atomic mass is 15.2. The molecular weight excluding hydrogens is 436 g/mol. The summed E-state index contributed by atoms with van der Waals surface area (Å²) < 4.78 is 2.40. The van der Waals surface area contributed by atoms with Crippen molar-refractivity contribution in [2.75, 3.05) is 4.90 Å². The normalized spacial score (nSPS) is 15.0. The SMILES string of the molecule is CC(C)(C)N(c1ccc(C2CCCCC2)cc1)c1cccc2c1c1ccccc1n2-c1ccccc1. The zero-order valence-electron chi connectivity index (χ0n) is 21.7. The van der Waals surface area contributed by atoms with E-state index in [-0.39, 0.29) is 5.54 Å². The zero-order chi connectivity index (χ0) is 24.7. The quantitative estimate of drug-likeness (QED) is 0.253. The molecule has 1 fully saturated rings. The smallest absolute Gasteiger partial charge is 0.0562 e. The van der Waals surface area contributed by atoms with Gasteiger partial charge in [0.05, 0.1) is 16.7 Å². The molecule has 0 saturated heterocycles. The van der Waals surface area contributed by atoms with Gasteiger partial charge in [-0.3, -0.25) is 0 Å². The number of rotatable bonds is 4. The number of aromatic nitrogens is 1. The van der Waals surface area contributed by atoms with E-state index >= 15 is 0 Å². The maximum Gasteiger partial charge on any atom is 0.0562 e. The first-order valence-corrected chi connectivity index (χ1v) is 13.5. The summed E-state index contributed by atoms with van der Waals surface area (Å²) >= 11 is 0. The van der Waals surface area contributed by atoms with Crippen molar-refractivity contribution < 1.29 is 0 Å². The highest BCUT2D eigenvalue weighted by Crippen LogP contribution is 2.43. The molecule has 4 aromatic carbocycles. The molecule has 0 atom stereocenters. The molecule has 36 heavy (non-hydrogen) atoms. The maximum atomic E-state index is 2.53. The van der Waals surface area contributed by atoms with Gasteiger partial charge in [0.15, 0.2) is 0 Å². The van der Waals surface area contributed by atoms with Crippen molar-refractivity contribution in [2.45, 2.75) is 64.3 Å². The Morgan fingerprint density at radius 2 is 1.33 bits per heavy atom. The van der Waals surface area contributed by atoms with Crippen molar-refractivity contribution in [3.63, 3.8) is 0 Å². The van der Waals surface area contributed by atoms with Crippen LogP contribution in [0.2, 0.25) is 0 Å². The molecule has 0 radical (unpaired) electrons. The standard InChI is InChI=1S/C34H36N2/c1-34(2,3)36(28-23-21-26(22-24-28)25-13-6-4-7-14-25)32-20-12-19-31-33(32)29-17-10-11-18-30(29)35(31)27-15-8-5-9-16-27/h5,8-12,15-25H,4,6-7,13-14H2,1-3H3. The van der Waals surface area contributed by atoms with Crippen molar-refractivity contribution in [3.05, 3.63) is 103 Å². The second-order valence-corrected chi connectivity index (χ2v) is 11.3. The van der Waals surface area contributed by atoms with Crippen LogP contribution in [-0.2, 0) is 0 Å². The van der Waals surface area contributed by atoms with E-state index in [1.54, 1.807) is 0 Å². The summed E-state index contributed by atoms with van der Waals surface area (Å²) in [4.78, 5) is 2.53. The van der Waals surface area contributed by atoms with Crippen molar-refractivity contribution in [1.82, 2.24) is 4.57 Å². The predicted molar refractivity (Wildman–Crippen MR) is 155 cm³/mol. The molecule has 6 rings (SSSR count). The lowest BCUT2D eigenvalue weighted by Gasteiger charge is -2.38. The number of benzene rings is 4. The molecule has 1 aliphatic carbocycles. The van der Waals surface area contributed by atoms with E-state index in [1.165, 1.54) is 76.5 Å². The van der Waals surface area contributed by atoms with Crippen LogP contribution in [0.1, 0.15) is 64.4 Å². The van der Waals surface area contributed by atoms with Crippen LogP contribution in [-0.4, -0.2) is 10.1 Å². The molecule has 1 saturated carbocycles. The molecule has 1 aromatic heterocycles. The molecule has 2 heteroatoms. The number of nitrogens with zero attached hydrogens (tertiary/aromatic N) is 2. The Balaban J connectivity index is 1.54. The van der Waals surface area contributed by atoms with Gasteiger partial charge < -0.3 is 9.47 Å². The van der Waals surface area contributed by atoms with Crippen LogP contribution >= 0.6 is 0 Å². The van der Waals surface area contributed by atoms with Gasteiger partial charge in [-0.05, 0) is 87.6 Å². The monoisotopic (exact) mass is 472 g/mol. The average Bonchev–Trinajstić information content (AvgIpc) is 3.25. The third-order valence-corrected chi connectivity index (χ3v) is 7.83. The summed E-state index contributed by atoms with van der Waals surface area (Å²) in [7, 11) is 0. The summed E-state index contributed by atoms with van der Waals surface area (Å²) in [5, 5.41) is 2.60. The molecular formula is C34H36N2. The van der Waals surface area contributed by atoms with Gasteiger partial charge in [-0.1, -0.05) is 73.9 Å². The van der Waals surface area contributed by atoms with E-state index in [1.807, 2.05) is 0 Å². The van der Waals surface area contributed by atoms with Gasteiger partial charge in [0, 0.05) is 27.7 Å². The van der Waals surface area contributed by atoms with E-state index in [4.69, 9.17) is 0 Å². The lowest BCUT2D eigenvalue weighted by atomic mass is 9.84. The summed E-state index contributed by atoms with van der Waals surface area (Å²) in [6, 6.07) is 35.8. The second kappa shape index (κ2) is 9.17. The van der Waals surface area contributed by atoms with E-state index in [0.29, 0.717) is 0 Å². The fraction of sp³-hybridized carbons (Fsp3) is 0.294. The van der Waals surface area contributed by atoms with E-state index < -0.39 is 0 Å². The Morgan fingerprint density at radius 1 is 0.667 bits per heavy atom. The predicted octanol–water partition coefficient (Wildman–Crippen LogP) is 9.77. The van der Waals surface area contributed by atoms with Gasteiger partial charge in [-0.2, -0.15) is 0 Å². The topological polar surface area (TPSA) is 8.17 Å². The minimum absolute atomic E-state index is 0.0867. The maximum absolute atomic E-state index is 2.53. The van der Waals surface area contributed by atoms with Crippen LogP contribution in [0.4, 0.5) is 11.4 Å². The lowest BCUT2D eigenvalue weighted by molar-refractivity contribution is 0.443. The van der Waals surface area contributed by atoms with E-state index in [0.717, 1.165) is 5.92 Å². The summed E-state index contributed by atoms with van der Waals surface area (Å²) in [5.41, 5.74) is 7.62. The zero-order valence-corrected chi connectivity index (χ0v) is 21.7. The molecule has 182 valence electrons. The molecule has 1 aliphatic rings. The van der Waals surface area contributed by atoms with Crippen LogP contribution in [0.25, 0.3) is 27.5 Å². The molecule has 0 bridgehead atoms. The molecule has 0 N–H and O–H groups in total. The number of hydrogen-bond acceptors (Lipinski definition) is 1. The minimum Gasteiger partial charge on any atom is -0.336 e. The van der Waals surface area contributed by atoms with Crippen LogP contribution in [0.3, 0.4) is 0 Å². The van der Waals surface area contributed by atoms with E-state index in [2.05, 4.69) is 127 Å². The van der Waals surface area contributed by atoms with Crippen molar-refractivity contribution in [3.8, 4) is 5.69 Å². The first kappa shape index (κ1) is 22.9. The first-order valence-electron chi connectivity index (χ1n) is 13.5. The Morgan fingerprint density at radius 3 is 2.06 bits per heavy atom. The summed E-state index contributed by atoms with van der Waals surface area (Å²) in [6.07, 6.45) is 6.80. The van der Waals surface area contributed by atoms with Gasteiger partial charge in [0.25, 0.3) is 0 Å². The van der Waals surface area contributed by atoms with Gasteiger partial charge in [0.2, 0.25) is 0 Å². The number of anilines is 2. The Bertz CT molecular complexity index is 1480. The number of hydrogen-bond donors (Lipinski definition) is 0. The Hall–Kier alpha value is -3.52. The van der Waals surface area contributed by atoms with E-state index in [9.17, 15) is 0 Å². The molecule has 1 heterocycles. The van der Waals surface area contributed by atoms with Gasteiger partial charge in [-0.15, -0.1) is 0 Å². The highest BCUT2D eigenvalue weighted by Gasteiger charge is 2.27. The van der Waals surface area contributed by atoms with Crippen molar-refractivity contribution in [1.29, 1.82) is 0 Å². The second-order valence-electron chi connectivity index (χ2n) is 11.3. The fourth-order valence-electron chi connectivity index (χ4n) is 6.26. The minimum atomic E-state index is -0.0867. The number of para-hydroxylation sites is 2.